The molecule has 29 heavy (non-hydrogen) atoms. The molecule has 0 aliphatic carbocycles. The Kier molecular flexibility index (Phi) is 6.73. The van der Waals surface area contributed by atoms with E-state index in [2.05, 4.69) is 53.4 Å². The summed E-state index contributed by atoms with van der Waals surface area (Å²) in [4.78, 5) is 15.4. The average Bonchev–Trinajstić information content (AvgIpc) is 2.92. The second-order valence-electron chi connectivity index (χ2n) is 7.67. The number of benzene rings is 2. The SMILES string of the molecule is CCOC(=O)CCCN1CCC(=C2c3ccccc3CSc3ccccc32)CC1. The maximum atomic E-state index is 11.6. The monoisotopic (exact) mass is 407 g/mol. The van der Waals surface area contributed by atoms with Crippen LogP contribution < -0.4 is 0 Å². The van der Waals surface area contributed by atoms with E-state index in [1.165, 1.54) is 27.2 Å². The van der Waals surface area contributed by atoms with Gasteiger partial charge in [-0.05, 0) is 61.1 Å². The molecular weight excluding hydrogens is 378 g/mol. The number of hydrogen-bond donors (Lipinski definition) is 0. The smallest absolute Gasteiger partial charge is 0.305 e. The Hall–Kier alpha value is -2.04. The lowest BCUT2D eigenvalue weighted by Gasteiger charge is -2.30. The van der Waals surface area contributed by atoms with Gasteiger partial charge in [-0.3, -0.25) is 4.79 Å². The van der Waals surface area contributed by atoms with Crippen LogP contribution >= 0.6 is 11.8 Å². The van der Waals surface area contributed by atoms with E-state index in [0.29, 0.717) is 13.0 Å². The highest BCUT2D eigenvalue weighted by Gasteiger charge is 2.24. The van der Waals surface area contributed by atoms with Crippen LogP contribution in [0.3, 0.4) is 0 Å². The van der Waals surface area contributed by atoms with Crippen molar-refractivity contribution in [3.8, 4) is 0 Å². The fraction of sp³-hybridized carbons (Fsp3) is 0.400. The number of thioether (sulfide) groups is 1. The van der Waals surface area contributed by atoms with Crippen LogP contribution in [-0.4, -0.2) is 37.1 Å². The van der Waals surface area contributed by atoms with Crippen LogP contribution in [0.15, 0.2) is 59.0 Å². The Morgan fingerprint density at radius 2 is 1.76 bits per heavy atom. The molecular formula is C25H29NO2S. The topological polar surface area (TPSA) is 29.5 Å². The van der Waals surface area contributed by atoms with Gasteiger partial charge in [-0.25, -0.2) is 0 Å². The summed E-state index contributed by atoms with van der Waals surface area (Å²) < 4.78 is 5.04. The lowest BCUT2D eigenvalue weighted by Crippen LogP contribution is -2.32. The molecule has 0 spiro atoms. The summed E-state index contributed by atoms with van der Waals surface area (Å²) in [7, 11) is 0. The highest BCUT2D eigenvalue weighted by atomic mass is 32.2. The van der Waals surface area contributed by atoms with Crippen molar-refractivity contribution >= 4 is 23.3 Å². The van der Waals surface area contributed by atoms with Crippen molar-refractivity contribution in [2.75, 3.05) is 26.2 Å². The van der Waals surface area contributed by atoms with Gasteiger partial charge in [0.1, 0.15) is 0 Å². The van der Waals surface area contributed by atoms with Crippen LogP contribution in [0.2, 0.25) is 0 Å². The fourth-order valence-electron chi connectivity index (χ4n) is 4.35. The average molecular weight is 408 g/mol. The number of ether oxygens (including phenoxy) is 1. The van der Waals surface area contributed by atoms with Crippen LogP contribution in [-0.2, 0) is 15.3 Å². The molecule has 4 rings (SSSR count). The number of hydrogen-bond acceptors (Lipinski definition) is 4. The minimum atomic E-state index is -0.0727. The van der Waals surface area contributed by atoms with Gasteiger partial charge in [0.2, 0.25) is 0 Å². The van der Waals surface area contributed by atoms with Gasteiger partial charge >= 0.3 is 5.97 Å². The first-order valence-corrected chi connectivity index (χ1v) is 11.7. The maximum Gasteiger partial charge on any atom is 0.305 e. The van der Waals surface area contributed by atoms with E-state index in [-0.39, 0.29) is 5.97 Å². The number of nitrogens with zero attached hydrogens (tertiary/aromatic N) is 1. The van der Waals surface area contributed by atoms with Gasteiger partial charge in [-0.15, -0.1) is 11.8 Å². The van der Waals surface area contributed by atoms with Crippen molar-refractivity contribution in [3.63, 3.8) is 0 Å². The summed E-state index contributed by atoms with van der Waals surface area (Å²) in [6.45, 7) is 5.45. The third-order valence-electron chi connectivity index (χ3n) is 5.80. The number of carbonyl (C=O) groups excluding carboxylic acids is 1. The Balaban J connectivity index is 1.52. The first-order valence-electron chi connectivity index (χ1n) is 10.7. The van der Waals surface area contributed by atoms with E-state index in [0.717, 1.165) is 44.6 Å². The lowest BCUT2D eigenvalue weighted by molar-refractivity contribution is -0.143. The molecule has 0 N–H and O–H groups in total. The van der Waals surface area contributed by atoms with E-state index in [1.807, 2.05) is 18.7 Å². The Morgan fingerprint density at radius 3 is 2.55 bits per heavy atom. The number of piperidine rings is 1. The van der Waals surface area contributed by atoms with Gasteiger partial charge in [0.25, 0.3) is 0 Å². The molecule has 0 unspecified atom stereocenters. The van der Waals surface area contributed by atoms with E-state index < -0.39 is 0 Å². The number of likely N-dealkylation sites (tertiary alicyclic amines) is 1. The van der Waals surface area contributed by atoms with Crippen molar-refractivity contribution < 1.29 is 9.53 Å². The number of fused-ring (bicyclic) bond motifs is 2. The van der Waals surface area contributed by atoms with Gasteiger partial charge in [-0.1, -0.05) is 48.0 Å². The molecule has 2 heterocycles. The third kappa shape index (κ3) is 4.76. The summed E-state index contributed by atoms with van der Waals surface area (Å²) >= 11 is 1.95. The lowest BCUT2D eigenvalue weighted by atomic mass is 9.86. The van der Waals surface area contributed by atoms with E-state index in [1.54, 1.807) is 5.57 Å². The zero-order chi connectivity index (χ0) is 20.1. The van der Waals surface area contributed by atoms with Crippen molar-refractivity contribution in [2.24, 2.45) is 0 Å². The van der Waals surface area contributed by atoms with Gasteiger partial charge in [0, 0.05) is 30.2 Å². The first kappa shape index (κ1) is 20.2. The molecule has 0 bridgehead atoms. The Bertz CT molecular complexity index is 846. The van der Waals surface area contributed by atoms with E-state index in [9.17, 15) is 4.79 Å². The summed E-state index contributed by atoms with van der Waals surface area (Å²) in [6.07, 6.45) is 3.60. The molecule has 0 amide bonds. The summed E-state index contributed by atoms with van der Waals surface area (Å²) in [6, 6.07) is 17.8. The predicted octanol–water partition coefficient (Wildman–Crippen LogP) is 5.53. The molecule has 4 heteroatoms. The first-order chi connectivity index (χ1) is 14.3. The van der Waals surface area contributed by atoms with Gasteiger partial charge in [0.05, 0.1) is 6.61 Å². The second-order valence-corrected chi connectivity index (χ2v) is 8.69. The van der Waals surface area contributed by atoms with Crippen LogP contribution in [0.25, 0.3) is 5.57 Å². The van der Waals surface area contributed by atoms with E-state index in [4.69, 9.17) is 4.74 Å². The largest absolute Gasteiger partial charge is 0.466 e. The molecule has 2 aromatic carbocycles. The predicted molar refractivity (Wildman–Crippen MR) is 120 cm³/mol. The zero-order valence-corrected chi connectivity index (χ0v) is 18.0. The van der Waals surface area contributed by atoms with Crippen LogP contribution in [0.5, 0.6) is 0 Å². The highest BCUT2D eigenvalue weighted by Crippen LogP contribution is 2.43. The van der Waals surface area contributed by atoms with Crippen molar-refractivity contribution in [1.29, 1.82) is 0 Å². The maximum absolute atomic E-state index is 11.6. The molecule has 1 saturated heterocycles. The molecule has 0 atom stereocenters. The van der Waals surface area contributed by atoms with Gasteiger partial charge in [0.15, 0.2) is 0 Å². The molecule has 0 aromatic heterocycles. The number of carbonyl (C=O) groups is 1. The standard InChI is InChI=1S/C25H29NO2S/c1-2-28-24(27)12-7-15-26-16-13-19(14-17-26)25-21-9-4-3-8-20(21)18-29-23-11-6-5-10-22(23)25/h3-6,8-11H,2,7,12-18H2,1H3. The van der Waals surface area contributed by atoms with E-state index >= 15 is 0 Å². The van der Waals surface area contributed by atoms with Gasteiger partial charge < -0.3 is 9.64 Å². The minimum Gasteiger partial charge on any atom is -0.466 e. The molecule has 152 valence electrons. The molecule has 0 radical (unpaired) electrons. The molecule has 3 nitrogen and oxygen atoms in total. The second kappa shape index (κ2) is 9.64. The summed E-state index contributed by atoms with van der Waals surface area (Å²) in [5.41, 5.74) is 7.29. The summed E-state index contributed by atoms with van der Waals surface area (Å²) in [5, 5.41) is 0. The van der Waals surface area contributed by atoms with Crippen molar-refractivity contribution in [2.45, 2.75) is 43.3 Å². The quantitative estimate of drug-likeness (QED) is 0.609. The molecule has 2 aromatic rings. The van der Waals surface area contributed by atoms with Crippen LogP contribution in [0, 0.1) is 0 Å². The minimum absolute atomic E-state index is 0.0727. The normalized spacial score (nSPS) is 16.7. The zero-order valence-electron chi connectivity index (χ0n) is 17.2. The number of rotatable bonds is 5. The van der Waals surface area contributed by atoms with Gasteiger partial charge in [-0.2, -0.15) is 0 Å². The molecule has 1 fully saturated rings. The fourth-order valence-corrected chi connectivity index (χ4v) is 5.41. The molecule has 2 aliphatic rings. The Labute approximate surface area is 178 Å². The molecule has 2 aliphatic heterocycles. The van der Waals surface area contributed by atoms with Crippen molar-refractivity contribution in [3.05, 3.63) is 70.8 Å². The third-order valence-corrected chi connectivity index (χ3v) is 6.92. The van der Waals surface area contributed by atoms with Crippen molar-refractivity contribution in [1.82, 2.24) is 4.90 Å². The number of esters is 1. The highest BCUT2D eigenvalue weighted by molar-refractivity contribution is 7.98. The summed E-state index contributed by atoms with van der Waals surface area (Å²) in [5.74, 6) is 0.959. The Morgan fingerprint density at radius 1 is 1.03 bits per heavy atom. The molecule has 0 saturated carbocycles. The van der Waals surface area contributed by atoms with Crippen LogP contribution in [0.1, 0.15) is 49.3 Å². The van der Waals surface area contributed by atoms with Crippen LogP contribution in [0.4, 0.5) is 0 Å².